The maximum Gasteiger partial charge on any atom is 0.244 e. The number of hydrogen-bond donors (Lipinski definition) is 1. The molecule has 6 heteroatoms. The van der Waals surface area contributed by atoms with E-state index in [2.05, 4.69) is 49.7 Å². The largest absolute Gasteiger partial charge is 0.353 e. The lowest BCUT2D eigenvalue weighted by molar-refractivity contribution is 0.627. The van der Waals surface area contributed by atoms with E-state index < -0.39 is 0 Å². The monoisotopic (exact) mass is 349 g/mol. The van der Waals surface area contributed by atoms with Crippen molar-refractivity contribution in [3.8, 4) is 0 Å². The number of nitrogens with one attached hydrogen (secondary N) is 1. The highest BCUT2D eigenvalue weighted by Crippen LogP contribution is 2.22. The van der Waals surface area contributed by atoms with Crippen LogP contribution in [0.4, 0.5) is 16.2 Å². The average molecular weight is 349 g/mol. The number of hydrogen-bond acceptors (Lipinski definition) is 5. The fourth-order valence-corrected chi connectivity index (χ4v) is 3.18. The third kappa shape index (κ3) is 3.79. The molecule has 0 spiro atoms. The van der Waals surface area contributed by atoms with Crippen LogP contribution in [0.25, 0.3) is 0 Å². The standard InChI is InChI=1S/C20H20FN5/c21-18-7-5-15(6-8-18)9-11-22-20-24-19(13-23-25-20)26-12-10-16-3-1-2-4-17(16)14-26/h1-8,13H,9-12,14H2,(H,22,24,25). The first-order valence-corrected chi connectivity index (χ1v) is 8.78. The third-order valence-electron chi connectivity index (χ3n) is 4.61. The van der Waals surface area contributed by atoms with E-state index in [-0.39, 0.29) is 5.82 Å². The molecule has 2 aromatic carbocycles. The number of anilines is 2. The van der Waals surface area contributed by atoms with Crippen LogP contribution in [-0.2, 0) is 19.4 Å². The molecule has 0 saturated heterocycles. The number of nitrogens with zero attached hydrogens (tertiary/aromatic N) is 4. The molecule has 3 aromatic rings. The molecule has 1 aromatic heterocycles. The van der Waals surface area contributed by atoms with Gasteiger partial charge in [-0.05, 0) is 41.7 Å². The van der Waals surface area contributed by atoms with E-state index in [1.807, 2.05) is 0 Å². The van der Waals surface area contributed by atoms with Gasteiger partial charge in [-0.3, -0.25) is 0 Å². The van der Waals surface area contributed by atoms with Crippen molar-refractivity contribution < 1.29 is 4.39 Å². The smallest absolute Gasteiger partial charge is 0.244 e. The number of aromatic nitrogens is 3. The molecule has 132 valence electrons. The average Bonchev–Trinajstić information content (AvgIpc) is 2.69. The lowest BCUT2D eigenvalue weighted by Crippen LogP contribution is -2.31. The van der Waals surface area contributed by atoms with Gasteiger partial charge in [0.05, 0.1) is 6.20 Å². The minimum Gasteiger partial charge on any atom is -0.353 e. The van der Waals surface area contributed by atoms with Crippen molar-refractivity contribution in [3.63, 3.8) is 0 Å². The Labute approximate surface area is 151 Å². The molecule has 0 amide bonds. The molecule has 0 fully saturated rings. The maximum absolute atomic E-state index is 12.9. The first-order valence-electron chi connectivity index (χ1n) is 8.78. The SMILES string of the molecule is Fc1ccc(CCNc2nncc(N3CCc4ccccc4C3)n2)cc1. The topological polar surface area (TPSA) is 53.9 Å². The number of fused-ring (bicyclic) bond motifs is 1. The summed E-state index contributed by atoms with van der Waals surface area (Å²) in [4.78, 5) is 6.82. The summed E-state index contributed by atoms with van der Waals surface area (Å²) < 4.78 is 12.9. The Morgan fingerprint density at radius 1 is 1.04 bits per heavy atom. The summed E-state index contributed by atoms with van der Waals surface area (Å²) in [5.74, 6) is 1.13. The quantitative estimate of drug-likeness (QED) is 0.766. The second-order valence-corrected chi connectivity index (χ2v) is 6.38. The molecule has 0 aliphatic carbocycles. The van der Waals surface area contributed by atoms with E-state index in [0.717, 1.165) is 37.3 Å². The van der Waals surface area contributed by atoms with Crippen molar-refractivity contribution in [1.29, 1.82) is 0 Å². The van der Waals surface area contributed by atoms with Crippen LogP contribution in [0.3, 0.4) is 0 Å². The molecule has 0 radical (unpaired) electrons. The molecule has 0 atom stereocenters. The van der Waals surface area contributed by atoms with Gasteiger partial charge in [0.25, 0.3) is 0 Å². The number of rotatable bonds is 5. The predicted octanol–water partition coefficient (Wildman–Crippen LogP) is 3.23. The molecule has 5 nitrogen and oxygen atoms in total. The summed E-state index contributed by atoms with van der Waals surface area (Å²) in [7, 11) is 0. The fraction of sp³-hybridized carbons (Fsp3) is 0.250. The normalized spacial score (nSPS) is 13.3. The Balaban J connectivity index is 1.38. The summed E-state index contributed by atoms with van der Waals surface area (Å²) >= 11 is 0. The lowest BCUT2D eigenvalue weighted by atomic mass is 10.0. The summed E-state index contributed by atoms with van der Waals surface area (Å²) in [5.41, 5.74) is 3.81. The molecule has 1 N–H and O–H groups in total. The highest BCUT2D eigenvalue weighted by Gasteiger charge is 2.17. The second kappa shape index (κ2) is 7.47. The highest BCUT2D eigenvalue weighted by atomic mass is 19.1. The molecular weight excluding hydrogens is 329 g/mol. The molecule has 0 unspecified atom stereocenters. The molecule has 1 aliphatic rings. The van der Waals surface area contributed by atoms with E-state index in [0.29, 0.717) is 12.5 Å². The van der Waals surface area contributed by atoms with Crippen molar-refractivity contribution in [2.75, 3.05) is 23.3 Å². The van der Waals surface area contributed by atoms with Crippen molar-refractivity contribution in [2.24, 2.45) is 0 Å². The van der Waals surface area contributed by atoms with E-state index in [1.165, 1.54) is 23.3 Å². The van der Waals surface area contributed by atoms with Gasteiger partial charge in [-0.2, -0.15) is 10.1 Å². The van der Waals surface area contributed by atoms with Crippen LogP contribution in [0, 0.1) is 5.82 Å². The van der Waals surface area contributed by atoms with Crippen LogP contribution in [0.2, 0.25) is 0 Å². The zero-order chi connectivity index (χ0) is 17.8. The first-order chi connectivity index (χ1) is 12.8. The predicted molar refractivity (Wildman–Crippen MR) is 99.6 cm³/mol. The van der Waals surface area contributed by atoms with Gasteiger partial charge in [-0.15, -0.1) is 5.10 Å². The van der Waals surface area contributed by atoms with Crippen LogP contribution in [0.5, 0.6) is 0 Å². The molecule has 26 heavy (non-hydrogen) atoms. The van der Waals surface area contributed by atoms with Gasteiger partial charge in [-0.1, -0.05) is 36.4 Å². The van der Waals surface area contributed by atoms with Crippen molar-refractivity contribution in [1.82, 2.24) is 15.2 Å². The highest BCUT2D eigenvalue weighted by molar-refractivity contribution is 5.45. The van der Waals surface area contributed by atoms with E-state index in [4.69, 9.17) is 0 Å². The molecule has 0 bridgehead atoms. The van der Waals surface area contributed by atoms with Crippen molar-refractivity contribution in [2.45, 2.75) is 19.4 Å². The van der Waals surface area contributed by atoms with Gasteiger partial charge in [0, 0.05) is 19.6 Å². The van der Waals surface area contributed by atoms with E-state index in [9.17, 15) is 4.39 Å². The van der Waals surface area contributed by atoms with Crippen LogP contribution in [0.1, 0.15) is 16.7 Å². The van der Waals surface area contributed by atoms with Gasteiger partial charge in [0.2, 0.25) is 5.95 Å². The zero-order valence-corrected chi connectivity index (χ0v) is 14.4. The van der Waals surface area contributed by atoms with Crippen LogP contribution in [-0.4, -0.2) is 28.3 Å². The van der Waals surface area contributed by atoms with Crippen LogP contribution in [0.15, 0.2) is 54.7 Å². The van der Waals surface area contributed by atoms with Crippen molar-refractivity contribution in [3.05, 3.63) is 77.2 Å². The van der Waals surface area contributed by atoms with Gasteiger partial charge in [0.1, 0.15) is 5.82 Å². The summed E-state index contributed by atoms with van der Waals surface area (Å²) in [5, 5.41) is 11.4. The first kappa shape index (κ1) is 16.4. The minimum absolute atomic E-state index is 0.218. The summed E-state index contributed by atoms with van der Waals surface area (Å²) in [6, 6.07) is 15.0. The molecule has 4 rings (SSSR count). The minimum atomic E-state index is -0.218. The number of benzene rings is 2. The lowest BCUT2D eigenvalue weighted by Gasteiger charge is -2.29. The van der Waals surface area contributed by atoms with Gasteiger partial charge >= 0.3 is 0 Å². The van der Waals surface area contributed by atoms with Crippen molar-refractivity contribution >= 4 is 11.8 Å². The van der Waals surface area contributed by atoms with E-state index >= 15 is 0 Å². The molecule has 2 heterocycles. The van der Waals surface area contributed by atoms with Gasteiger partial charge in [-0.25, -0.2) is 4.39 Å². The molecule has 1 aliphatic heterocycles. The summed E-state index contributed by atoms with van der Waals surface area (Å²) in [6.07, 6.45) is 3.48. The van der Waals surface area contributed by atoms with Crippen LogP contribution < -0.4 is 10.2 Å². The fourth-order valence-electron chi connectivity index (χ4n) is 3.18. The van der Waals surface area contributed by atoms with Gasteiger partial charge in [0.15, 0.2) is 5.82 Å². The molecular formula is C20H20FN5. The summed E-state index contributed by atoms with van der Waals surface area (Å²) in [6.45, 7) is 2.42. The van der Waals surface area contributed by atoms with Crippen LogP contribution >= 0.6 is 0 Å². The third-order valence-corrected chi connectivity index (χ3v) is 4.61. The van der Waals surface area contributed by atoms with E-state index in [1.54, 1.807) is 18.3 Å². The Morgan fingerprint density at radius 3 is 2.69 bits per heavy atom. The Bertz CT molecular complexity index is 881. The Morgan fingerprint density at radius 2 is 1.85 bits per heavy atom. The Hall–Kier alpha value is -3.02. The molecule has 0 saturated carbocycles. The Kier molecular flexibility index (Phi) is 4.73. The number of halogens is 1. The van der Waals surface area contributed by atoms with Gasteiger partial charge < -0.3 is 10.2 Å². The second-order valence-electron chi connectivity index (χ2n) is 6.38. The zero-order valence-electron chi connectivity index (χ0n) is 14.4. The maximum atomic E-state index is 12.9.